The number of hydrogen-bond donors (Lipinski definition) is 1. The molecule has 4 nitrogen and oxygen atoms in total. The van der Waals surface area contributed by atoms with Crippen LogP contribution in [0.25, 0.3) is 10.2 Å². The van der Waals surface area contributed by atoms with Gasteiger partial charge in [0.15, 0.2) is 0 Å². The molecule has 1 aromatic carbocycles. The summed E-state index contributed by atoms with van der Waals surface area (Å²) in [7, 11) is 0. The summed E-state index contributed by atoms with van der Waals surface area (Å²) in [6, 6.07) is 6.23. The van der Waals surface area contributed by atoms with Crippen molar-refractivity contribution in [3.63, 3.8) is 0 Å². The van der Waals surface area contributed by atoms with E-state index in [4.69, 9.17) is 4.98 Å². The van der Waals surface area contributed by atoms with E-state index in [2.05, 4.69) is 31.3 Å². The highest BCUT2D eigenvalue weighted by atomic mass is 32.1. The molecule has 0 unspecified atom stereocenters. The van der Waals surface area contributed by atoms with Gasteiger partial charge in [0.05, 0.1) is 5.39 Å². The fourth-order valence-corrected chi connectivity index (χ4v) is 4.83. The lowest BCUT2D eigenvalue weighted by Crippen LogP contribution is -2.23. The van der Waals surface area contributed by atoms with Crippen molar-refractivity contribution in [1.82, 2.24) is 9.55 Å². The molecule has 5 heteroatoms. The predicted octanol–water partition coefficient (Wildman–Crippen LogP) is 4.72. The topological polar surface area (TPSA) is 46.9 Å². The molecule has 0 saturated heterocycles. The zero-order valence-electron chi connectivity index (χ0n) is 15.0. The summed E-state index contributed by atoms with van der Waals surface area (Å²) < 4.78 is 1.76. The van der Waals surface area contributed by atoms with Crippen molar-refractivity contribution in [3.8, 4) is 0 Å². The van der Waals surface area contributed by atoms with Crippen molar-refractivity contribution in [1.29, 1.82) is 0 Å². The molecule has 1 aliphatic rings. The first-order valence-electron chi connectivity index (χ1n) is 8.98. The molecule has 3 aromatic rings. The van der Waals surface area contributed by atoms with Crippen LogP contribution < -0.4 is 10.9 Å². The Labute approximate surface area is 151 Å². The van der Waals surface area contributed by atoms with E-state index in [9.17, 15) is 4.79 Å². The van der Waals surface area contributed by atoms with Crippen LogP contribution in [-0.4, -0.2) is 9.55 Å². The Bertz CT molecular complexity index is 1020. The number of thiophene rings is 1. The zero-order chi connectivity index (χ0) is 17.6. The Hall–Kier alpha value is -2.14. The second-order valence-corrected chi connectivity index (χ2v) is 7.88. The first kappa shape index (κ1) is 16.3. The molecule has 0 atom stereocenters. The maximum Gasteiger partial charge on any atom is 0.263 e. The van der Waals surface area contributed by atoms with Gasteiger partial charge >= 0.3 is 0 Å². The minimum absolute atomic E-state index is 0.0956. The average Bonchev–Trinajstić information content (AvgIpc) is 2.97. The molecule has 130 valence electrons. The second kappa shape index (κ2) is 6.30. The van der Waals surface area contributed by atoms with Gasteiger partial charge in [-0.05, 0) is 75.3 Å². The third-order valence-corrected chi connectivity index (χ3v) is 6.34. The van der Waals surface area contributed by atoms with E-state index < -0.39 is 0 Å². The number of hydrogen-bond acceptors (Lipinski definition) is 4. The van der Waals surface area contributed by atoms with E-state index in [0.717, 1.165) is 28.7 Å². The Morgan fingerprint density at radius 2 is 2.00 bits per heavy atom. The molecule has 0 aliphatic heterocycles. The molecule has 2 aromatic heterocycles. The molecule has 1 aliphatic carbocycles. The van der Waals surface area contributed by atoms with Gasteiger partial charge in [0.2, 0.25) is 5.95 Å². The van der Waals surface area contributed by atoms with E-state index in [0.29, 0.717) is 12.5 Å². The Kier molecular flexibility index (Phi) is 4.12. The van der Waals surface area contributed by atoms with Gasteiger partial charge in [0.25, 0.3) is 5.56 Å². The lowest BCUT2D eigenvalue weighted by Gasteiger charge is -2.14. The van der Waals surface area contributed by atoms with E-state index >= 15 is 0 Å². The maximum absolute atomic E-state index is 13.1. The molecular formula is C20H23N3OS. The monoisotopic (exact) mass is 353 g/mol. The van der Waals surface area contributed by atoms with Crippen molar-refractivity contribution < 1.29 is 0 Å². The molecular weight excluding hydrogens is 330 g/mol. The summed E-state index contributed by atoms with van der Waals surface area (Å²) in [4.78, 5) is 20.2. The van der Waals surface area contributed by atoms with Crippen LogP contribution in [-0.2, 0) is 19.4 Å². The first-order chi connectivity index (χ1) is 12.1. The molecule has 0 amide bonds. The van der Waals surface area contributed by atoms with Gasteiger partial charge in [-0.15, -0.1) is 11.3 Å². The van der Waals surface area contributed by atoms with Crippen molar-refractivity contribution in [2.75, 3.05) is 5.32 Å². The molecule has 0 saturated carbocycles. The highest BCUT2D eigenvalue weighted by molar-refractivity contribution is 7.18. The summed E-state index contributed by atoms with van der Waals surface area (Å²) in [6.45, 7) is 6.80. The van der Waals surface area contributed by atoms with Crippen LogP contribution in [0.3, 0.4) is 0 Å². The SMILES string of the molecule is CCn1c(Nc2ccc(C)c(C)c2)nc2sc3c(c2c1=O)CCCC3. The van der Waals surface area contributed by atoms with E-state index in [-0.39, 0.29) is 5.56 Å². The zero-order valence-corrected chi connectivity index (χ0v) is 15.8. The van der Waals surface area contributed by atoms with Crippen LogP contribution in [0.1, 0.15) is 41.3 Å². The largest absolute Gasteiger partial charge is 0.325 e. The summed E-state index contributed by atoms with van der Waals surface area (Å²) in [5.41, 5.74) is 4.80. The normalized spacial score (nSPS) is 13.9. The van der Waals surface area contributed by atoms with Gasteiger partial charge in [0.1, 0.15) is 4.83 Å². The number of fused-ring (bicyclic) bond motifs is 3. The quantitative estimate of drug-likeness (QED) is 0.741. The van der Waals surface area contributed by atoms with Crippen LogP contribution in [0, 0.1) is 13.8 Å². The minimum atomic E-state index is 0.0956. The molecule has 0 fully saturated rings. The third kappa shape index (κ3) is 2.76. The number of nitrogens with zero attached hydrogens (tertiary/aromatic N) is 2. The van der Waals surface area contributed by atoms with Crippen LogP contribution in [0.15, 0.2) is 23.0 Å². The number of aryl methyl sites for hydroxylation is 4. The molecule has 0 bridgehead atoms. The minimum Gasteiger partial charge on any atom is -0.325 e. The lowest BCUT2D eigenvalue weighted by molar-refractivity contribution is 0.696. The third-order valence-electron chi connectivity index (χ3n) is 5.15. The molecule has 4 rings (SSSR count). The van der Waals surface area contributed by atoms with Crippen LogP contribution >= 0.6 is 11.3 Å². The first-order valence-corrected chi connectivity index (χ1v) is 9.79. The number of benzene rings is 1. The standard InChI is InChI=1S/C20H23N3OS/c1-4-23-19(24)17-15-7-5-6-8-16(15)25-18(17)22-20(23)21-14-10-9-12(2)13(3)11-14/h9-11H,4-8H2,1-3H3,(H,21,22). The van der Waals surface area contributed by atoms with Crippen molar-refractivity contribution in [3.05, 3.63) is 50.1 Å². The molecule has 2 heterocycles. The summed E-state index contributed by atoms with van der Waals surface area (Å²) in [6.07, 6.45) is 4.49. The fraction of sp³-hybridized carbons (Fsp3) is 0.400. The Balaban J connectivity index is 1.86. The average molecular weight is 353 g/mol. The highest BCUT2D eigenvalue weighted by Gasteiger charge is 2.21. The Morgan fingerprint density at radius 3 is 2.76 bits per heavy atom. The molecule has 0 radical (unpaired) electrons. The van der Waals surface area contributed by atoms with Gasteiger partial charge < -0.3 is 5.32 Å². The van der Waals surface area contributed by atoms with Crippen LogP contribution in [0.2, 0.25) is 0 Å². The highest BCUT2D eigenvalue weighted by Crippen LogP contribution is 2.34. The Morgan fingerprint density at radius 1 is 1.20 bits per heavy atom. The number of aromatic nitrogens is 2. The maximum atomic E-state index is 13.1. The van der Waals surface area contributed by atoms with E-state index in [1.807, 2.05) is 13.0 Å². The number of nitrogens with one attached hydrogen (secondary N) is 1. The van der Waals surface area contributed by atoms with Gasteiger partial charge in [-0.25, -0.2) is 4.98 Å². The van der Waals surface area contributed by atoms with Crippen molar-refractivity contribution in [2.45, 2.75) is 53.0 Å². The predicted molar refractivity (Wildman–Crippen MR) is 105 cm³/mol. The van der Waals surface area contributed by atoms with Crippen molar-refractivity contribution >= 4 is 33.2 Å². The smallest absolute Gasteiger partial charge is 0.263 e. The summed E-state index contributed by atoms with van der Waals surface area (Å²) in [5, 5.41) is 4.22. The summed E-state index contributed by atoms with van der Waals surface area (Å²) in [5.74, 6) is 0.641. The van der Waals surface area contributed by atoms with E-state index in [1.54, 1.807) is 15.9 Å². The molecule has 0 spiro atoms. The second-order valence-electron chi connectivity index (χ2n) is 6.80. The molecule has 1 N–H and O–H groups in total. The van der Waals surface area contributed by atoms with E-state index in [1.165, 1.54) is 34.4 Å². The number of rotatable bonds is 3. The summed E-state index contributed by atoms with van der Waals surface area (Å²) >= 11 is 1.70. The van der Waals surface area contributed by atoms with Crippen LogP contribution in [0.5, 0.6) is 0 Å². The lowest BCUT2D eigenvalue weighted by atomic mass is 9.97. The van der Waals surface area contributed by atoms with Crippen LogP contribution in [0.4, 0.5) is 11.6 Å². The fourth-order valence-electron chi connectivity index (χ4n) is 3.58. The number of anilines is 2. The van der Waals surface area contributed by atoms with Gasteiger partial charge in [-0.2, -0.15) is 0 Å². The van der Waals surface area contributed by atoms with Gasteiger partial charge in [-0.3, -0.25) is 9.36 Å². The van der Waals surface area contributed by atoms with Crippen molar-refractivity contribution in [2.24, 2.45) is 0 Å². The van der Waals surface area contributed by atoms with Gasteiger partial charge in [0, 0.05) is 17.1 Å². The molecule has 25 heavy (non-hydrogen) atoms. The van der Waals surface area contributed by atoms with Gasteiger partial charge in [-0.1, -0.05) is 6.07 Å².